The monoisotopic (exact) mass is 337 g/mol. The van der Waals surface area contributed by atoms with Crippen molar-refractivity contribution in [2.24, 2.45) is 5.73 Å². The van der Waals surface area contributed by atoms with Crippen LogP contribution in [0.5, 0.6) is 5.75 Å². The van der Waals surface area contributed by atoms with Crippen LogP contribution in [0.3, 0.4) is 0 Å². The summed E-state index contributed by atoms with van der Waals surface area (Å²) in [5.74, 6) is -0.0833. The maximum absolute atomic E-state index is 12.5. The minimum absolute atomic E-state index is 0.221. The van der Waals surface area contributed by atoms with Gasteiger partial charge in [-0.15, -0.1) is 0 Å². The summed E-state index contributed by atoms with van der Waals surface area (Å²) in [7, 11) is 0. The molecule has 25 heavy (non-hydrogen) atoms. The Morgan fingerprint density at radius 1 is 1.08 bits per heavy atom. The molecule has 0 saturated heterocycles. The molecule has 2 N–H and O–H groups in total. The molecule has 0 bridgehead atoms. The van der Waals surface area contributed by atoms with E-state index in [0.29, 0.717) is 28.9 Å². The number of primary amides is 1. The van der Waals surface area contributed by atoms with Gasteiger partial charge in [-0.1, -0.05) is 30.3 Å². The third-order valence-electron chi connectivity index (χ3n) is 4.25. The third-order valence-corrected chi connectivity index (χ3v) is 4.25. The maximum Gasteiger partial charge on any atom is 0.340 e. The summed E-state index contributed by atoms with van der Waals surface area (Å²) in [6.07, 6.45) is 0.518. The lowest BCUT2D eigenvalue weighted by Gasteiger charge is -2.12. The first-order chi connectivity index (χ1) is 12.0. The van der Waals surface area contributed by atoms with Crippen LogP contribution < -0.4 is 16.1 Å². The molecule has 0 fully saturated rings. The molecular formula is C20H19NO4. The van der Waals surface area contributed by atoms with Crippen molar-refractivity contribution < 1.29 is 13.9 Å². The second-order valence-electron chi connectivity index (χ2n) is 5.98. The molecule has 1 aromatic heterocycles. The molecule has 0 aliphatic heterocycles. The minimum Gasteiger partial charge on any atom is -0.483 e. The van der Waals surface area contributed by atoms with Gasteiger partial charge in [0.1, 0.15) is 11.3 Å². The fourth-order valence-corrected chi connectivity index (χ4v) is 2.88. The zero-order chi connectivity index (χ0) is 18.0. The van der Waals surface area contributed by atoms with E-state index in [-0.39, 0.29) is 12.2 Å². The molecule has 5 nitrogen and oxygen atoms in total. The molecule has 2 aromatic carbocycles. The number of carbonyl (C=O) groups excluding carboxylic acids is 1. The lowest BCUT2D eigenvalue weighted by molar-refractivity contribution is -0.119. The Morgan fingerprint density at radius 2 is 1.80 bits per heavy atom. The third kappa shape index (κ3) is 3.40. The van der Waals surface area contributed by atoms with Crippen molar-refractivity contribution in [1.29, 1.82) is 0 Å². The van der Waals surface area contributed by atoms with Gasteiger partial charge in [0.15, 0.2) is 6.61 Å². The van der Waals surface area contributed by atoms with Gasteiger partial charge in [-0.25, -0.2) is 4.79 Å². The highest BCUT2D eigenvalue weighted by Crippen LogP contribution is 2.29. The zero-order valence-corrected chi connectivity index (χ0v) is 14.2. The number of ether oxygens (including phenoxy) is 1. The Balaban J connectivity index is 2.07. The molecule has 0 aliphatic carbocycles. The number of benzene rings is 2. The van der Waals surface area contributed by atoms with Crippen LogP contribution in [0, 0.1) is 13.8 Å². The van der Waals surface area contributed by atoms with Gasteiger partial charge in [0.05, 0.1) is 0 Å². The number of amides is 1. The predicted molar refractivity (Wildman–Crippen MR) is 95.9 cm³/mol. The fraction of sp³-hybridized carbons (Fsp3) is 0.200. The molecule has 0 saturated carbocycles. The molecule has 0 spiro atoms. The average molecular weight is 337 g/mol. The number of nitrogens with two attached hydrogens (primary N) is 1. The van der Waals surface area contributed by atoms with Gasteiger partial charge in [0.25, 0.3) is 5.91 Å². The van der Waals surface area contributed by atoms with Crippen LogP contribution in [0.4, 0.5) is 0 Å². The number of rotatable bonds is 5. The molecule has 1 heterocycles. The van der Waals surface area contributed by atoms with Crippen LogP contribution in [0.15, 0.2) is 51.7 Å². The molecule has 0 aliphatic rings. The van der Waals surface area contributed by atoms with Crippen LogP contribution in [0.25, 0.3) is 11.0 Å². The highest BCUT2D eigenvalue weighted by atomic mass is 16.5. The van der Waals surface area contributed by atoms with E-state index < -0.39 is 5.91 Å². The summed E-state index contributed by atoms with van der Waals surface area (Å²) >= 11 is 0. The lowest BCUT2D eigenvalue weighted by Crippen LogP contribution is -2.20. The van der Waals surface area contributed by atoms with Crippen molar-refractivity contribution in [3.8, 4) is 5.75 Å². The molecule has 3 aromatic rings. The number of hydrogen-bond donors (Lipinski definition) is 1. The van der Waals surface area contributed by atoms with E-state index >= 15 is 0 Å². The highest BCUT2D eigenvalue weighted by Gasteiger charge is 2.15. The Morgan fingerprint density at radius 3 is 2.48 bits per heavy atom. The van der Waals surface area contributed by atoms with E-state index in [1.165, 1.54) is 0 Å². The average Bonchev–Trinajstić information content (AvgIpc) is 2.59. The van der Waals surface area contributed by atoms with Crippen LogP contribution in [0.2, 0.25) is 0 Å². The van der Waals surface area contributed by atoms with E-state index in [1.807, 2.05) is 43.3 Å². The molecule has 0 radical (unpaired) electrons. The van der Waals surface area contributed by atoms with Gasteiger partial charge in [-0.3, -0.25) is 4.79 Å². The second kappa shape index (κ2) is 6.81. The highest BCUT2D eigenvalue weighted by molar-refractivity contribution is 5.86. The zero-order valence-electron chi connectivity index (χ0n) is 14.2. The Hall–Kier alpha value is -3.08. The van der Waals surface area contributed by atoms with Crippen molar-refractivity contribution in [2.45, 2.75) is 20.3 Å². The van der Waals surface area contributed by atoms with Crippen molar-refractivity contribution >= 4 is 16.9 Å². The lowest BCUT2D eigenvalue weighted by atomic mass is 9.98. The van der Waals surface area contributed by atoms with Crippen LogP contribution in [0.1, 0.15) is 22.3 Å². The van der Waals surface area contributed by atoms with E-state index in [4.69, 9.17) is 14.9 Å². The van der Waals surface area contributed by atoms with Crippen LogP contribution in [-0.4, -0.2) is 12.5 Å². The summed E-state index contributed by atoms with van der Waals surface area (Å²) in [5, 5.41) is 0.856. The Kier molecular flexibility index (Phi) is 4.57. The van der Waals surface area contributed by atoms with Gasteiger partial charge in [-0.05, 0) is 37.1 Å². The van der Waals surface area contributed by atoms with Gasteiger partial charge < -0.3 is 14.9 Å². The Labute approximate surface area is 145 Å². The SMILES string of the molecule is Cc1c(Cc2ccccc2)c(=O)oc2c(C)c(OCC(N)=O)ccc12. The summed E-state index contributed by atoms with van der Waals surface area (Å²) in [6, 6.07) is 13.4. The molecule has 1 amide bonds. The van der Waals surface area contributed by atoms with E-state index in [0.717, 1.165) is 16.5 Å². The van der Waals surface area contributed by atoms with E-state index in [1.54, 1.807) is 13.0 Å². The number of fused-ring (bicyclic) bond motifs is 1. The fourth-order valence-electron chi connectivity index (χ4n) is 2.88. The first-order valence-corrected chi connectivity index (χ1v) is 7.98. The van der Waals surface area contributed by atoms with Gasteiger partial charge in [-0.2, -0.15) is 0 Å². The standard InChI is InChI=1S/C20H19NO4/c1-12-15-8-9-17(24-11-18(21)22)13(2)19(15)25-20(23)16(12)10-14-6-4-3-5-7-14/h3-9H,10-11H2,1-2H3,(H2,21,22). The minimum atomic E-state index is -0.560. The summed E-state index contributed by atoms with van der Waals surface area (Å²) < 4.78 is 10.9. The first-order valence-electron chi connectivity index (χ1n) is 7.98. The molecule has 3 rings (SSSR count). The molecule has 0 atom stereocenters. The number of carbonyl (C=O) groups is 1. The quantitative estimate of drug-likeness (QED) is 0.726. The normalized spacial score (nSPS) is 10.8. The second-order valence-corrected chi connectivity index (χ2v) is 5.98. The van der Waals surface area contributed by atoms with E-state index in [9.17, 15) is 9.59 Å². The summed E-state index contributed by atoms with van der Waals surface area (Å²) in [5.41, 5.74) is 8.48. The van der Waals surface area contributed by atoms with Gasteiger partial charge >= 0.3 is 5.63 Å². The summed E-state index contributed by atoms with van der Waals surface area (Å²) in [6.45, 7) is 3.49. The van der Waals surface area contributed by atoms with Crippen LogP contribution >= 0.6 is 0 Å². The molecule has 128 valence electrons. The number of aryl methyl sites for hydroxylation is 2. The Bertz CT molecular complexity index is 990. The van der Waals surface area contributed by atoms with Crippen molar-refractivity contribution in [3.05, 3.63) is 75.1 Å². The maximum atomic E-state index is 12.5. The smallest absolute Gasteiger partial charge is 0.340 e. The van der Waals surface area contributed by atoms with Gasteiger partial charge in [0.2, 0.25) is 0 Å². The molecule has 5 heteroatoms. The summed E-state index contributed by atoms with van der Waals surface area (Å²) in [4.78, 5) is 23.4. The topological polar surface area (TPSA) is 82.5 Å². The van der Waals surface area contributed by atoms with Crippen molar-refractivity contribution in [1.82, 2.24) is 0 Å². The first kappa shape index (κ1) is 16.8. The van der Waals surface area contributed by atoms with Crippen molar-refractivity contribution in [2.75, 3.05) is 6.61 Å². The molecule has 0 unspecified atom stereocenters. The van der Waals surface area contributed by atoms with E-state index in [2.05, 4.69) is 0 Å². The van der Waals surface area contributed by atoms with Gasteiger partial charge in [0, 0.05) is 22.9 Å². The predicted octanol–water partition coefficient (Wildman–Crippen LogP) is 2.86. The number of hydrogen-bond acceptors (Lipinski definition) is 4. The van der Waals surface area contributed by atoms with Crippen LogP contribution in [-0.2, 0) is 11.2 Å². The molecular weight excluding hydrogens is 318 g/mol. The van der Waals surface area contributed by atoms with Crippen molar-refractivity contribution in [3.63, 3.8) is 0 Å². The largest absolute Gasteiger partial charge is 0.483 e.